The van der Waals surface area contributed by atoms with E-state index in [1.54, 1.807) is 19.2 Å². The highest BCUT2D eigenvalue weighted by Gasteiger charge is 2.25. The molecule has 0 amide bonds. The van der Waals surface area contributed by atoms with Crippen LogP contribution in [0.4, 0.5) is 4.39 Å². The maximum atomic E-state index is 13.4. The molecule has 0 aliphatic carbocycles. The lowest BCUT2D eigenvalue weighted by Gasteiger charge is -2.28. The molecule has 0 saturated carbocycles. The Hall–Kier alpha value is -2.70. The summed E-state index contributed by atoms with van der Waals surface area (Å²) in [7, 11) is 1.69. The minimum Gasteiger partial charge on any atom is -0.497 e. The van der Waals surface area contributed by atoms with Crippen LogP contribution in [0.2, 0.25) is 0 Å². The number of halogens is 1. The van der Waals surface area contributed by atoms with Gasteiger partial charge in [-0.05, 0) is 42.0 Å². The first-order valence-electron chi connectivity index (χ1n) is 10.5. The summed E-state index contributed by atoms with van der Waals surface area (Å²) in [4.78, 5) is 2.46. The van der Waals surface area contributed by atoms with Crippen LogP contribution in [0.25, 0.3) is 5.69 Å². The van der Waals surface area contributed by atoms with Gasteiger partial charge in [-0.15, -0.1) is 0 Å². The number of benzene rings is 2. The summed E-state index contributed by atoms with van der Waals surface area (Å²) >= 11 is 0. The SMILES string of the molecule is COc1ccc(CN2CCc3c(c(CNC(C)C)nn3-c3ccc(F)cc3)C2)cc1. The van der Waals surface area contributed by atoms with Crippen molar-refractivity contribution in [1.82, 2.24) is 20.0 Å². The third kappa shape index (κ3) is 4.55. The zero-order valence-electron chi connectivity index (χ0n) is 17.9. The smallest absolute Gasteiger partial charge is 0.123 e. The Morgan fingerprint density at radius 1 is 1.10 bits per heavy atom. The molecule has 0 atom stereocenters. The van der Waals surface area contributed by atoms with Crippen molar-refractivity contribution < 1.29 is 9.13 Å². The molecule has 158 valence electrons. The first-order chi connectivity index (χ1) is 14.5. The number of hydrogen-bond donors (Lipinski definition) is 1. The monoisotopic (exact) mass is 408 g/mol. The molecular formula is C24H29FN4O. The molecule has 0 bridgehead atoms. The Morgan fingerprint density at radius 2 is 1.83 bits per heavy atom. The summed E-state index contributed by atoms with van der Waals surface area (Å²) in [5.74, 6) is 0.648. The fourth-order valence-corrected chi connectivity index (χ4v) is 3.90. The van der Waals surface area contributed by atoms with E-state index in [9.17, 15) is 4.39 Å². The lowest BCUT2D eigenvalue weighted by molar-refractivity contribution is 0.242. The predicted octanol–water partition coefficient (Wildman–Crippen LogP) is 4.08. The summed E-state index contributed by atoms with van der Waals surface area (Å²) < 4.78 is 20.7. The van der Waals surface area contributed by atoms with Crippen molar-refractivity contribution in [2.75, 3.05) is 13.7 Å². The normalized spacial score (nSPS) is 14.2. The Labute approximate surface area is 177 Å². The third-order valence-electron chi connectivity index (χ3n) is 5.53. The summed E-state index contributed by atoms with van der Waals surface area (Å²) in [6.07, 6.45) is 0.914. The quantitative estimate of drug-likeness (QED) is 0.640. The second-order valence-corrected chi connectivity index (χ2v) is 8.10. The predicted molar refractivity (Wildman–Crippen MR) is 116 cm³/mol. The number of nitrogens with one attached hydrogen (secondary N) is 1. The van der Waals surface area contributed by atoms with E-state index in [0.29, 0.717) is 6.04 Å². The van der Waals surface area contributed by atoms with Gasteiger partial charge in [-0.3, -0.25) is 4.90 Å². The number of rotatable bonds is 7. The molecule has 1 N–H and O–H groups in total. The summed E-state index contributed by atoms with van der Waals surface area (Å²) in [6.45, 7) is 7.71. The zero-order chi connectivity index (χ0) is 21.1. The Bertz CT molecular complexity index is 980. The highest BCUT2D eigenvalue weighted by atomic mass is 19.1. The molecule has 0 radical (unpaired) electrons. The summed E-state index contributed by atoms with van der Waals surface area (Å²) in [5.41, 5.74) is 5.77. The van der Waals surface area contributed by atoms with Gasteiger partial charge in [-0.2, -0.15) is 5.10 Å². The van der Waals surface area contributed by atoms with Crippen LogP contribution in [-0.2, 0) is 26.1 Å². The van der Waals surface area contributed by atoms with Crippen LogP contribution in [0.5, 0.6) is 5.75 Å². The van der Waals surface area contributed by atoms with E-state index in [0.717, 1.165) is 49.7 Å². The zero-order valence-corrected chi connectivity index (χ0v) is 17.9. The van der Waals surface area contributed by atoms with E-state index in [-0.39, 0.29) is 5.82 Å². The molecular weight excluding hydrogens is 379 g/mol. The van der Waals surface area contributed by atoms with Crippen molar-refractivity contribution in [2.45, 2.75) is 45.9 Å². The van der Waals surface area contributed by atoms with Crippen molar-refractivity contribution in [3.63, 3.8) is 0 Å². The van der Waals surface area contributed by atoms with Crippen molar-refractivity contribution in [1.29, 1.82) is 0 Å². The van der Waals surface area contributed by atoms with Gasteiger partial charge in [-0.25, -0.2) is 9.07 Å². The van der Waals surface area contributed by atoms with Crippen molar-refractivity contribution in [3.8, 4) is 11.4 Å². The molecule has 1 aliphatic heterocycles. The van der Waals surface area contributed by atoms with Crippen LogP contribution in [-0.4, -0.2) is 34.4 Å². The van der Waals surface area contributed by atoms with Gasteiger partial charge >= 0.3 is 0 Å². The first-order valence-corrected chi connectivity index (χ1v) is 10.5. The van der Waals surface area contributed by atoms with Gasteiger partial charge in [-0.1, -0.05) is 26.0 Å². The van der Waals surface area contributed by atoms with Crippen molar-refractivity contribution >= 4 is 0 Å². The molecule has 3 aromatic rings. The van der Waals surface area contributed by atoms with Gasteiger partial charge in [0, 0.05) is 44.2 Å². The van der Waals surface area contributed by atoms with Crippen molar-refractivity contribution in [3.05, 3.63) is 76.9 Å². The lowest BCUT2D eigenvalue weighted by Crippen LogP contribution is -2.31. The molecule has 4 rings (SSSR count). The van der Waals surface area contributed by atoms with Crippen LogP contribution in [0, 0.1) is 5.82 Å². The van der Waals surface area contributed by atoms with E-state index in [1.165, 1.54) is 29.0 Å². The van der Waals surface area contributed by atoms with Crippen LogP contribution in [0.3, 0.4) is 0 Å². The average molecular weight is 409 g/mol. The second kappa shape index (κ2) is 8.98. The molecule has 2 aromatic carbocycles. The maximum Gasteiger partial charge on any atom is 0.123 e. The van der Waals surface area contributed by atoms with Gasteiger partial charge in [0.1, 0.15) is 11.6 Å². The number of ether oxygens (including phenoxy) is 1. The number of hydrogen-bond acceptors (Lipinski definition) is 4. The molecule has 0 saturated heterocycles. The Morgan fingerprint density at radius 3 is 2.50 bits per heavy atom. The first kappa shape index (κ1) is 20.6. The van der Waals surface area contributed by atoms with Gasteiger partial charge < -0.3 is 10.1 Å². The van der Waals surface area contributed by atoms with Gasteiger partial charge in [0.25, 0.3) is 0 Å². The second-order valence-electron chi connectivity index (χ2n) is 8.10. The van der Waals surface area contributed by atoms with Gasteiger partial charge in [0.15, 0.2) is 0 Å². The van der Waals surface area contributed by atoms with E-state index >= 15 is 0 Å². The van der Waals surface area contributed by atoms with Crippen LogP contribution < -0.4 is 10.1 Å². The van der Waals surface area contributed by atoms with Crippen LogP contribution in [0.15, 0.2) is 48.5 Å². The summed E-state index contributed by atoms with van der Waals surface area (Å²) in [5, 5.41) is 8.41. The van der Waals surface area contributed by atoms with Crippen molar-refractivity contribution in [2.24, 2.45) is 0 Å². The Kier molecular flexibility index (Phi) is 6.16. The summed E-state index contributed by atoms with van der Waals surface area (Å²) in [6, 6.07) is 15.2. The Balaban J connectivity index is 1.59. The number of nitrogens with zero attached hydrogens (tertiary/aromatic N) is 3. The molecule has 2 heterocycles. The highest BCUT2D eigenvalue weighted by molar-refractivity contribution is 5.39. The molecule has 1 aliphatic rings. The number of aromatic nitrogens is 2. The van der Waals surface area contributed by atoms with Crippen LogP contribution >= 0.6 is 0 Å². The number of methoxy groups -OCH3 is 1. The third-order valence-corrected chi connectivity index (χ3v) is 5.53. The number of fused-ring (bicyclic) bond motifs is 1. The fraction of sp³-hybridized carbons (Fsp3) is 0.375. The topological polar surface area (TPSA) is 42.3 Å². The minimum absolute atomic E-state index is 0.230. The molecule has 5 nitrogen and oxygen atoms in total. The average Bonchev–Trinajstić information content (AvgIpc) is 3.11. The molecule has 30 heavy (non-hydrogen) atoms. The van der Waals surface area contributed by atoms with Gasteiger partial charge in [0.2, 0.25) is 0 Å². The molecule has 0 unspecified atom stereocenters. The minimum atomic E-state index is -0.230. The molecule has 1 aromatic heterocycles. The highest BCUT2D eigenvalue weighted by Crippen LogP contribution is 2.27. The molecule has 0 fully saturated rings. The maximum absolute atomic E-state index is 13.4. The van der Waals surface area contributed by atoms with Gasteiger partial charge in [0.05, 0.1) is 24.2 Å². The van der Waals surface area contributed by atoms with E-state index in [2.05, 4.69) is 36.2 Å². The fourth-order valence-electron chi connectivity index (χ4n) is 3.90. The molecule has 6 heteroatoms. The molecule has 0 spiro atoms. The lowest BCUT2D eigenvalue weighted by atomic mass is 10.0. The standard InChI is InChI=1S/C24H29FN4O/c1-17(2)26-14-23-22-16-28(15-18-4-10-21(30-3)11-5-18)13-12-24(22)29(27-23)20-8-6-19(25)7-9-20/h4-11,17,26H,12-16H2,1-3H3. The van der Waals surface area contributed by atoms with E-state index < -0.39 is 0 Å². The van der Waals surface area contributed by atoms with E-state index in [4.69, 9.17) is 9.84 Å². The largest absolute Gasteiger partial charge is 0.497 e. The van der Waals surface area contributed by atoms with E-state index in [1.807, 2.05) is 16.8 Å². The van der Waals surface area contributed by atoms with Crippen LogP contribution in [0.1, 0.15) is 36.4 Å².